The first-order valence-corrected chi connectivity index (χ1v) is 11.1. The number of piperidine rings is 1. The third kappa shape index (κ3) is 4.94. The van der Waals surface area contributed by atoms with E-state index >= 15 is 0 Å². The zero-order chi connectivity index (χ0) is 19.2. The standard InChI is InChI=1S/C25H34N2O/c28-24(26-16-13-22-10-5-2-6-11-22)23-20-25(23)14-18-27(19-15-25)17-7-12-21-8-3-1-4-9-21/h1,3-4,7-10,12,23H,2,5-6,11,13-20H2,(H,26,28)/b12-7+. The molecule has 1 spiro atoms. The highest BCUT2D eigenvalue weighted by Gasteiger charge is 2.58. The van der Waals surface area contributed by atoms with Crippen molar-refractivity contribution in [3.8, 4) is 0 Å². The summed E-state index contributed by atoms with van der Waals surface area (Å²) in [7, 11) is 0. The number of hydrogen-bond acceptors (Lipinski definition) is 2. The van der Waals surface area contributed by atoms with Crippen molar-refractivity contribution in [2.24, 2.45) is 11.3 Å². The lowest BCUT2D eigenvalue weighted by molar-refractivity contribution is -0.123. The van der Waals surface area contributed by atoms with Crippen LogP contribution in [0, 0.1) is 11.3 Å². The van der Waals surface area contributed by atoms with Gasteiger partial charge in [-0.15, -0.1) is 0 Å². The number of nitrogens with zero attached hydrogens (tertiary/aromatic N) is 1. The monoisotopic (exact) mass is 378 g/mol. The van der Waals surface area contributed by atoms with Crippen molar-refractivity contribution in [3.63, 3.8) is 0 Å². The number of allylic oxidation sites excluding steroid dienone is 1. The summed E-state index contributed by atoms with van der Waals surface area (Å²) < 4.78 is 0. The highest BCUT2D eigenvalue weighted by molar-refractivity contribution is 5.82. The maximum Gasteiger partial charge on any atom is 0.223 e. The molecule has 1 aliphatic heterocycles. The van der Waals surface area contributed by atoms with Gasteiger partial charge in [0.25, 0.3) is 0 Å². The number of amides is 1. The third-order valence-electron chi connectivity index (χ3n) is 6.96. The van der Waals surface area contributed by atoms with Gasteiger partial charge < -0.3 is 5.32 Å². The van der Waals surface area contributed by atoms with Gasteiger partial charge in [0.2, 0.25) is 5.91 Å². The zero-order valence-electron chi connectivity index (χ0n) is 17.0. The summed E-state index contributed by atoms with van der Waals surface area (Å²) in [6, 6.07) is 10.5. The van der Waals surface area contributed by atoms with Gasteiger partial charge in [-0.2, -0.15) is 0 Å². The molecule has 4 rings (SSSR count). The molecule has 1 N–H and O–H groups in total. The molecule has 1 aromatic rings. The molecule has 3 nitrogen and oxygen atoms in total. The van der Waals surface area contributed by atoms with Crippen LogP contribution in [0.4, 0.5) is 0 Å². The lowest BCUT2D eigenvalue weighted by Crippen LogP contribution is -2.37. The quantitative estimate of drug-likeness (QED) is 0.691. The second kappa shape index (κ2) is 9.09. The first-order chi connectivity index (χ1) is 13.8. The van der Waals surface area contributed by atoms with Crippen molar-refractivity contribution in [1.29, 1.82) is 0 Å². The minimum Gasteiger partial charge on any atom is -0.356 e. The highest BCUT2D eigenvalue weighted by Crippen LogP contribution is 2.59. The third-order valence-corrected chi connectivity index (χ3v) is 6.96. The lowest BCUT2D eigenvalue weighted by atomic mass is 9.90. The maximum atomic E-state index is 12.6. The molecule has 3 aliphatic rings. The fraction of sp³-hybridized carbons (Fsp3) is 0.560. The van der Waals surface area contributed by atoms with E-state index in [9.17, 15) is 4.79 Å². The van der Waals surface area contributed by atoms with Gasteiger partial charge in [-0.3, -0.25) is 9.69 Å². The fourth-order valence-corrected chi connectivity index (χ4v) is 4.96. The van der Waals surface area contributed by atoms with E-state index in [-0.39, 0.29) is 5.92 Å². The van der Waals surface area contributed by atoms with Crippen molar-refractivity contribution in [1.82, 2.24) is 10.2 Å². The van der Waals surface area contributed by atoms with Crippen molar-refractivity contribution in [2.75, 3.05) is 26.2 Å². The number of nitrogens with one attached hydrogen (secondary N) is 1. The number of carbonyl (C=O) groups excluding carboxylic acids is 1. The largest absolute Gasteiger partial charge is 0.356 e. The molecule has 1 saturated carbocycles. The van der Waals surface area contributed by atoms with Gasteiger partial charge in [0.1, 0.15) is 0 Å². The molecular weight excluding hydrogens is 344 g/mol. The molecule has 1 amide bonds. The smallest absolute Gasteiger partial charge is 0.223 e. The van der Waals surface area contributed by atoms with Crippen molar-refractivity contribution >= 4 is 12.0 Å². The summed E-state index contributed by atoms with van der Waals surface area (Å²) in [5, 5.41) is 3.22. The minimum atomic E-state index is 0.273. The summed E-state index contributed by atoms with van der Waals surface area (Å²) >= 11 is 0. The minimum absolute atomic E-state index is 0.273. The molecule has 1 heterocycles. The highest BCUT2D eigenvalue weighted by atomic mass is 16.2. The van der Waals surface area contributed by atoms with E-state index in [0.29, 0.717) is 11.3 Å². The van der Waals surface area contributed by atoms with Gasteiger partial charge in [-0.1, -0.05) is 54.1 Å². The average molecular weight is 379 g/mol. The zero-order valence-corrected chi connectivity index (χ0v) is 17.0. The molecule has 28 heavy (non-hydrogen) atoms. The number of rotatable bonds is 7. The van der Waals surface area contributed by atoms with Crippen molar-refractivity contribution in [2.45, 2.75) is 51.4 Å². The number of likely N-dealkylation sites (tertiary alicyclic amines) is 1. The Morgan fingerprint density at radius 1 is 1.18 bits per heavy atom. The van der Waals surface area contributed by atoms with E-state index in [0.717, 1.165) is 39.0 Å². The SMILES string of the molecule is O=C(NCCC1=CCCCC1)C1CC12CCN(C/C=C/c1ccccc1)CC2. The van der Waals surface area contributed by atoms with Crippen LogP contribution >= 0.6 is 0 Å². The topological polar surface area (TPSA) is 32.3 Å². The Hall–Kier alpha value is -1.87. The molecule has 1 saturated heterocycles. The summed E-state index contributed by atoms with van der Waals surface area (Å²) in [5.41, 5.74) is 3.13. The number of carbonyl (C=O) groups is 1. The van der Waals surface area contributed by atoms with Gasteiger partial charge in [-0.25, -0.2) is 0 Å². The van der Waals surface area contributed by atoms with Crippen LogP contribution in [-0.4, -0.2) is 37.0 Å². The second-order valence-corrected chi connectivity index (χ2v) is 8.88. The van der Waals surface area contributed by atoms with Gasteiger partial charge in [0, 0.05) is 19.0 Å². The molecule has 1 unspecified atom stereocenters. The molecule has 2 aliphatic carbocycles. The first-order valence-electron chi connectivity index (χ1n) is 11.1. The van der Waals surface area contributed by atoms with Crippen LogP contribution in [0.1, 0.15) is 56.9 Å². The van der Waals surface area contributed by atoms with Crippen LogP contribution < -0.4 is 5.32 Å². The van der Waals surface area contributed by atoms with E-state index < -0.39 is 0 Å². The van der Waals surface area contributed by atoms with Crippen LogP contribution in [0.3, 0.4) is 0 Å². The molecule has 0 radical (unpaired) electrons. The summed E-state index contributed by atoms with van der Waals surface area (Å²) in [6.07, 6.45) is 16.5. The van der Waals surface area contributed by atoms with Gasteiger partial charge in [0.05, 0.1) is 0 Å². The van der Waals surface area contributed by atoms with Crippen LogP contribution in [0.15, 0.2) is 48.1 Å². The predicted molar refractivity (Wildman–Crippen MR) is 116 cm³/mol. The van der Waals surface area contributed by atoms with Crippen molar-refractivity contribution in [3.05, 3.63) is 53.6 Å². The average Bonchev–Trinajstić information content (AvgIpc) is 3.45. The maximum absolute atomic E-state index is 12.6. The van der Waals surface area contributed by atoms with Crippen LogP contribution in [0.5, 0.6) is 0 Å². The van der Waals surface area contributed by atoms with E-state index in [2.05, 4.69) is 58.8 Å². The van der Waals surface area contributed by atoms with Gasteiger partial charge in [-0.05, 0) is 75.4 Å². The molecule has 0 aromatic heterocycles. The Morgan fingerprint density at radius 3 is 2.75 bits per heavy atom. The van der Waals surface area contributed by atoms with E-state index in [1.165, 1.54) is 44.1 Å². The van der Waals surface area contributed by atoms with Gasteiger partial charge in [0.15, 0.2) is 0 Å². The molecule has 1 atom stereocenters. The fourth-order valence-electron chi connectivity index (χ4n) is 4.96. The summed E-state index contributed by atoms with van der Waals surface area (Å²) in [5.74, 6) is 0.587. The summed E-state index contributed by atoms with van der Waals surface area (Å²) in [4.78, 5) is 15.1. The summed E-state index contributed by atoms with van der Waals surface area (Å²) in [6.45, 7) is 4.08. The Labute approximate surface area is 169 Å². The Balaban J connectivity index is 1.15. The molecule has 150 valence electrons. The van der Waals surface area contributed by atoms with E-state index in [1.807, 2.05) is 0 Å². The van der Waals surface area contributed by atoms with Crippen LogP contribution in [0.25, 0.3) is 6.08 Å². The Kier molecular flexibility index (Phi) is 6.31. The first kappa shape index (κ1) is 19.4. The number of hydrogen-bond donors (Lipinski definition) is 1. The molecule has 2 fully saturated rings. The van der Waals surface area contributed by atoms with E-state index in [4.69, 9.17) is 0 Å². The molecular formula is C25H34N2O. The predicted octanol–water partition coefficient (Wildman–Crippen LogP) is 4.81. The Morgan fingerprint density at radius 2 is 2.00 bits per heavy atom. The van der Waals surface area contributed by atoms with Crippen LogP contribution in [-0.2, 0) is 4.79 Å². The van der Waals surface area contributed by atoms with E-state index in [1.54, 1.807) is 5.57 Å². The Bertz CT molecular complexity index is 713. The van der Waals surface area contributed by atoms with Crippen LogP contribution in [0.2, 0.25) is 0 Å². The normalized spacial score (nSPS) is 24.3. The van der Waals surface area contributed by atoms with Crippen molar-refractivity contribution < 1.29 is 4.79 Å². The number of benzene rings is 1. The lowest BCUT2D eigenvalue weighted by Gasteiger charge is -2.32. The second-order valence-electron chi connectivity index (χ2n) is 8.88. The molecule has 3 heteroatoms. The molecule has 1 aromatic carbocycles. The van der Waals surface area contributed by atoms with Gasteiger partial charge >= 0.3 is 0 Å². The molecule has 0 bridgehead atoms.